The van der Waals surface area contributed by atoms with Crippen LogP contribution in [0.15, 0.2) is 48.5 Å². The molecule has 0 N–H and O–H groups in total. The second kappa shape index (κ2) is 7.54. The van der Waals surface area contributed by atoms with Gasteiger partial charge < -0.3 is 9.64 Å². The van der Waals surface area contributed by atoms with Crippen LogP contribution in [0, 0.1) is 15.9 Å². The number of nitro groups is 1. The third kappa shape index (κ3) is 4.07. The number of benzene rings is 2. The van der Waals surface area contributed by atoms with Gasteiger partial charge in [-0.3, -0.25) is 14.9 Å². The van der Waals surface area contributed by atoms with Crippen LogP contribution in [0.5, 0.6) is 5.75 Å². The van der Waals surface area contributed by atoms with Crippen molar-refractivity contribution in [1.29, 1.82) is 0 Å². The molecule has 2 rings (SSSR count). The molecule has 0 aliphatic heterocycles. The number of carbonyl (C=O) groups is 1. The molecule has 6 nitrogen and oxygen atoms in total. The topological polar surface area (TPSA) is 72.7 Å². The highest BCUT2D eigenvalue weighted by Gasteiger charge is 2.22. The molecule has 0 aromatic heterocycles. The number of carbonyl (C=O) groups excluding carboxylic acids is 1. The predicted octanol–water partition coefficient (Wildman–Crippen LogP) is 3.55. The van der Waals surface area contributed by atoms with Crippen LogP contribution in [0.4, 0.5) is 15.8 Å². The third-order valence-electron chi connectivity index (χ3n) is 3.29. The fourth-order valence-corrected chi connectivity index (χ4v) is 2.28. The number of amides is 1. The zero-order valence-corrected chi connectivity index (χ0v) is 13.3. The number of ether oxygens (including phenoxy) is 1. The summed E-state index contributed by atoms with van der Waals surface area (Å²) in [7, 11) is 0. The Hall–Kier alpha value is -2.96. The highest BCUT2D eigenvalue weighted by molar-refractivity contribution is 5.95. The molecule has 2 aromatic rings. The molecule has 0 saturated heterocycles. The Morgan fingerprint density at radius 3 is 2.50 bits per heavy atom. The van der Waals surface area contributed by atoms with E-state index in [0.29, 0.717) is 5.69 Å². The number of halogens is 1. The van der Waals surface area contributed by atoms with Crippen LogP contribution in [0.1, 0.15) is 13.8 Å². The molecule has 0 unspecified atom stereocenters. The van der Waals surface area contributed by atoms with E-state index in [-0.39, 0.29) is 23.4 Å². The average molecular weight is 332 g/mol. The van der Waals surface area contributed by atoms with Gasteiger partial charge in [0.2, 0.25) is 5.75 Å². The van der Waals surface area contributed by atoms with E-state index in [1.165, 1.54) is 4.90 Å². The molecule has 0 aliphatic rings. The molecule has 0 radical (unpaired) electrons. The normalized spacial score (nSPS) is 10.5. The van der Waals surface area contributed by atoms with Gasteiger partial charge in [-0.1, -0.05) is 18.2 Å². The summed E-state index contributed by atoms with van der Waals surface area (Å²) in [6, 6.07) is 11.7. The minimum absolute atomic E-state index is 0.133. The lowest BCUT2D eigenvalue weighted by Gasteiger charge is -2.26. The smallest absolute Gasteiger partial charge is 0.311 e. The van der Waals surface area contributed by atoms with Crippen LogP contribution >= 0.6 is 0 Å². The fourth-order valence-electron chi connectivity index (χ4n) is 2.28. The second-order valence-electron chi connectivity index (χ2n) is 5.35. The molecule has 24 heavy (non-hydrogen) atoms. The quantitative estimate of drug-likeness (QED) is 0.599. The summed E-state index contributed by atoms with van der Waals surface area (Å²) in [4.78, 5) is 24.2. The predicted molar refractivity (Wildman–Crippen MR) is 87.6 cm³/mol. The van der Waals surface area contributed by atoms with E-state index in [1.54, 1.807) is 24.3 Å². The highest BCUT2D eigenvalue weighted by atomic mass is 19.1. The number of hydrogen-bond donors (Lipinski definition) is 0. The van der Waals surface area contributed by atoms with Crippen LogP contribution in [-0.2, 0) is 4.79 Å². The van der Waals surface area contributed by atoms with Gasteiger partial charge in [0.05, 0.1) is 4.92 Å². The van der Waals surface area contributed by atoms with Crippen molar-refractivity contribution in [2.45, 2.75) is 19.9 Å². The summed E-state index contributed by atoms with van der Waals surface area (Å²) in [5.41, 5.74) is 0.301. The Kier molecular flexibility index (Phi) is 5.47. The van der Waals surface area contributed by atoms with Crippen LogP contribution in [0.25, 0.3) is 0 Å². The first-order valence-corrected chi connectivity index (χ1v) is 7.34. The van der Waals surface area contributed by atoms with Crippen LogP contribution in [-0.4, -0.2) is 23.5 Å². The van der Waals surface area contributed by atoms with Crippen molar-refractivity contribution in [1.82, 2.24) is 0 Å². The van der Waals surface area contributed by atoms with Crippen molar-refractivity contribution < 1.29 is 18.8 Å². The van der Waals surface area contributed by atoms with Crippen molar-refractivity contribution in [3.05, 3.63) is 64.5 Å². The molecule has 0 saturated carbocycles. The standard InChI is InChI=1S/C17H17FN2O4/c1-12(2)19(14-6-4-3-5-7-14)17(21)11-24-16-10-13(18)8-9-15(16)20(22)23/h3-10,12H,11H2,1-2H3. The molecule has 0 spiro atoms. The first-order chi connectivity index (χ1) is 11.4. The maximum Gasteiger partial charge on any atom is 0.311 e. The van der Waals surface area contributed by atoms with Crippen LogP contribution < -0.4 is 9.64 Å². The minimum atomic E-state index is -0.684. The van der Waals surface area contributed by atoms with E-state index in [9.17, 15) is 19.3 Å². The lowest BCUT2D eigenvalue weighted by Crippen LogP contribution is -2.40. The van der Waals surface area contributed by atoms with Gasteiger partial charge in [0.25, 0.3) is 5.91 Å². The Labute approximate surface area is 138 Å². The van der Waals surface area contributed by atoms with Crippen LogP contribution in [0.2, 0.25) is 0 Å². The van der Waals surface area contributed by atoms with E-state index in [4.69, 9.17) is 4.74 Å². The maximum atomic E-state index is 13.3. The summed E-state index contributed by atoms with van der Waals surface area (Å²) < 4.78 is 18.5. The average Bonchev–Trinajstić information content (AvgIpc) is 2.53. The highest BCUT2D eigenvalue weighted by Crippen LogP contribution is 2.27. The number of rotatable bonds is 6. The van der Waals surface area contributed by atoms with Gasteiger partial charge in [-0.15, -0.1) is 0 Å². The van der Waals surface area contributed by atoms with Crippen molar-refractivity contribution in [2.75, 3.05) is 11.5 Å². The number of nitro benzene ring substituents is 1. The summed E-state index contributed by atoms with van der Waals surface area (Å²) in [6.07, 6.45) is 0. The lowest BCUT2D eigenvalue weighted by atomic mass is 10.2. The molecule has 0 bridgehead atoms. The summed E-state index contributed by atoms with van der Waals surface area (Å²) in [5, 5.41) is 10.9. The molecule has 126 valence electrons. The fraction of sp³-hybridized carbons (Fsp3) is 0.235. The van der Waals surface area contributed by atoms with Gasteiger partial charge in [0.15, 0.2) is 6.61 Å². The zero-order valence-electron chi connectivity index (χ0n) is 13.3. The van der Waals surface area contributed by atoms with E-state index in [2.05, 4.69) is 0 Å². The molecule has 7 heteroatoms. The molecule has 2 aromatic carbocycles. The van der Waals surface area contributed by atoms with Gasteiger partial charge in [0, 0.05) is 23.9 Å². The van der Waals surface area contributed by atoms with E-state index < -0.39 is 17.3 Å². The molecular weight excluding hydrogens is 315 g/mol. The maximum absolute atomic E-state index is 13.3. The number of nitrogens with zero attached hydrogens (tertiary/aromatic N) is 2. The Morgan fingerprint density at radius 2 is 1.92 bits per heavy atom. The van der Waals surface area contributed by atoms with E-state index in [1.807, 2.05) is 19.9 Å². The molecule has 0 atom stereocenters. The molecule has 0 heterocycles. The zero-order chi connectivity index (χ0) is 17.7. The molecule has 1 amide bonds. The SMILES string of the molecule is CC(C)N(C(=O)COc1cc(F)ccc1[N+](=O)[O-])c1ccccc1. The van der Waals surface area contributed by atoms with Crippen molar-refractivity contribution in [2.24, 2.45) is 0 Å². The second-order valence-corrected chi connectivity index (χ2v) is 5.35. The van der Waals surface area contributed by atoms with Gasteiger partial charge in [0.1, 0.15) is 5.82 Å². The molecule has 0 aliphatic carbocycles. The first kappa shape index (κ1) is 17.4. The number of anilines is 1. The van der Waals surface area contributed by atoms with Gasteiger partial charge in [-0.05, 0) is 32.0 Å². The van der Waals surface area contributed by atoms with Gasteiger partial charge >= 0.3 is 5.69 Å². The largest absolute Gasteiger partial charge is 0.477 e. The minimum Gasteiger partial charge on any atom is -0.477 e. The lowest BCUT2D eigenvalue weighted by molar-refractivity contribution is -0.385. The summed E-state index contributed by atoms with van der Waals surface area (Å²) >= 11 is 0. The first-order valence-electron chi connectivity index (χ1n) is 7.34. The van der Waals surface area contributed by atoms with Crippen molar-refractivity contribution in [3.8, 4) is 5.75 Å². The number of para-hydroxylation sites is 1. The molecule has 0 fully saturated rings. The van der Waals surface area contributed by atoms with Crippen LogP contribution in [0.3, 0.4) is 0 Å². The van der Waals surface area contributed by atoms with Gasteiger partial charge in [-0.25, -0.2) is 4.39 Å². The van der Waals surface area contributed by atoms with Crippen molar-refractivity contribution >= 4 is 17.3 Å². The Morgan fingerprint density at radius 1 is 1.25 bits per heavy atom. The van der Waals surface area contributed by atoms with E-state index in [0.717, 1.165) is 18.2 Å². The summed E-state index contributed by atoms with van der Waals surface area (Å²) in [5.74, 6) is -1.33. The van der Waals surface area contributed by atoms with Gasteiger partial charge in [-0.2, -0.15) is 0 Å². The Bertz CT molecular complexity index is 735. The number of hydrogen-bond acceptors (Lipinski definition) is 4. The van der Waals surface area contributed by atoms with Crippen molar-refractivity contribution in [3.63, 3.8) is 0 Å². The third-order valence-corrected chi connectivity index (χ3v) is 3.29. The molecular formula is C17H17FN2O4. The Balaban J connectivity index is 2.17. The van der Waals surface area contributed by atoms with E-state index >= 15 is 0 Å². The summed E-state index contributed by atoms with van der Waals surface area (Å²) in [6.45, 7) is 3.25. The monoisotopic (exact) mass is 332 g/mol.